The van der Waals surface area contributed by atoms with Gasteiger partial charge < -0.3 is 20.4 Å². The summed E-state index contributed by atoms with van der Waals surface area (Å²) in [6, 6.07) is 14.4. The number of carbonyl (C=O) groups is 2. The number of fused-ring (bicyclic) bond motifs is 1. The number of hydrogen-bond donors (Lipinski definition) is 3. The average molecular weight is 477 g/mol. The molecule has 0 fully saturated rings. The Bertz CT molecular complexity index is 1240. The number of para-hydroxylation sites is 1. The molecule has 0 bridgehead atoms. The summed E-state index contributed by atoms with van der Waals surface area (Å²) in [6.07, 6.45) is 5.89. The van der Waals surface area contributed by atoms with E-state index in [1.807, 2.05) is 54.0 Å². The first-order chi connectivity index (χ1) is 16.7. The van der Waals surface area contributed by atoms with E-state index in [0.717, 1.165) is 34.9 Å². The third kappa shape index (κ3) is 5.82. The SMILES string of the molecule is CCCCOc1ncccc1CNC(=O)C(Cc1c[nH]c2ccccc12)NC(=O)c1cccs1. The molecule has 2 amide bonds. The Kier molecular flexibility index (Phi) is 7.93. The van der Waals surface area contributed by atoms with Gasteiger partial charge in [0, 0.05) is 41.8 Å². The van der Waals surface area contributed by atoms with Crippen molar-refractivity contribution in [1.82, 2.24) is 20.6 Å². The minimum Gasteiger partial charge on any atom is -0.477 e. The number of aromatic amines is 1. The monoisotopic (exact) mass is 476 g/mol. The lowest BCUT2D eigenvalue weighted by Crippen LogP contribution is -2.47. The Morgan fingerprint density at radius 2 is 2.00 bits per heavy atom. The van der Waals surface area contributed by atoms with Crippen LogP contribution in [0.5, 0.6) is 5.88 Å². The fourth-order valence-corrected chi connectivity index (χ4v) is 4.30. The van der Waals surface area contributed by atoms with Crippen molar-refractivity contribution < 1.29 is 14.3 Å². The quantitative estimate of drug-likeness (QED) is 0.279. The van der Waals surface area contributed by atoms with E-state index in [0.29, 0.717) is 23.8 Å². The molecule has 4 rings (SSSR count). The molecule has 3 N–H and O–H groups in total. The molecule has 3 heterocycles. The van der Waals surface area contributed by atoms with Crippen molar-refractivity contribution in [2.45, 2.75) is 38.8 Å². The molecule has 0 aliphatic carbocycles. The second-order valence-corrected chi connectivity index (χ2v) is 8.90. The molecule has 1 aromatic carbocycles. The minimum atomic E-state index is -0.741. The van der Waals surface area contributed by atoms with Crippen LogP contribution in [0.3, 0.4) is 0 Å². The van der Waals surface area contributed by atoms with Crippen LogP contribution in [-0.2, 0) is 17.8 Å². The van der Waals surface area contributed by atoms with Crippen LogP contribution < -0.4 is 15.4 Å². The molecule has 4 aromatic rings. The molecule has 3 aromatic heterocycles. The normalized spacial score (nSPS) is 11.8. The van der Waals surface area contributed by atoms with Gasteiger partial charge in [-0.2, -0.15) is 0 Å². The predicted octanol–water partition coefficient (Wildman–Crippen LogP) is 4.46. The summed E-state index contributed by atoms with van der Waals surface area (Å²) in [7, 11) is 0. The number of H-pyrrole nitrogens is 1. The minimum absolute atomic E-state index is 0.257. The number of hydrogen-bond acceptors (Lipinski definition) is 5. The van der Waals surface area contributed by atoms with Crippen molar-refractivity contribution in [3.05, 3.63) is 82.3 Å². The second kappa shape index (κ2) is 11.5. The third-order valence-corrected chi connectivity index (χ3v) is 6.37. The van der Waals surface area contributed by atoms with Gasteiger partial charge in [0.05, 0.1) is 11.5 Å². The number of nitrogens with one attached hydrogen (secondary N) is 3. The van der Waals surface area contributed by atoms with Crippen molar-refractivity contribution in [1.29, 1.82) is 0 Å². The molecule has 0 radical (unpaired) electrons. The Balaban J connectivity index is 1.49. The molecule has 0 aliphatic rings. The van der Waals surface area contributed by atoms with Crippen LogP contribution in [0.15, 0.2) is 66.3 Å². The summed E-state index contributed by atoms with van der Waals surface area (Å²) in [5.41, 5.74) is 2.75. The number of unbranched alkanes of at least 4 members (excludes halogenated alkanes) is 1. The molecule has 34 heavy (non-hydrogen) atoms. The zero-order valence-corrected chi connectivity index (χ0v) is 19.9. The summed E-state index contributed by atoms with van der Waals surface area (Å²) in [5.74, 6) is -0.00875. The second-order valence-electron chi connectivity index (χ2n) is 7.95. The van der Waals surface area contributed by atoms with Gasteiger partial charge in [0.2, 0.25) is 11.8 Å². The van der Waals surface area contributed by atoms with Crippen LogP contribution in [0.2, 0.25) is 0 Å². The zero-order valence-electron chi connectivity index (χ0n) is 19.0. The van der Waals surface area contributed by atoms with E-state index in [-0.39, 0.29) is 18.4 Å². The highest BCUT2D eigenvalue weighted by molar-refractivity contribution is 7.12. The van der Waals surface area contributed by atoms with E-state index in [1.54, 1.807) is 12.3 Å². The number of rotatable bonds is 11. The first-order valence-corrected chi connectivity index (χ1v) is 12.3. The van der Waals surface area contributed by atoms with E-state index in [2.05, 4.69) is 27.5 Å². The van der Waals surface area contributed by atoms with Crippen LogP contribution in [0.4, 0.5) is 0 Å². The Labute approximate surface area is 202 Å². The summed E-state index contributed by atoms with van der Waals surface area (Å²) in [4.78, 5) is 34.1. The van der Waals surface area contributed by atoms with Gasteiger partial charge >= 0.3 is 0 Å². The molecular weight excluding hydrogens is 448 g/mol. The van der Waals surface area contributed by atoms with Gasteiger partial charge in [0.1, 0.15) is 6.04 Å². The standard InChI is InChI=1S/C26H28N4O3S/c1-2-3-13-33-26-18(8-6-12-27-26)16-29-24(31)22(30-25(32)23-11-7-14-34-23)15-19-17-28-21-10-5-4-9-20(19)21/h4-12,14,17,22,28H,2-3,13,15-16H2,1H3,(H,29,31)(H,30,32). The number of aromatic nitrogens is 2. The largest absolute Gasteiger partial charge is 0.477 e. The number of carbonyl (C=O) groups excluding carboxylic acids is 2. The number of pyridine rings is 1. The maximum atomic E-state index is 13.3. The molecule has 0 aliphatic heterocycles. The Morgan fingerprint density at radius 3 is 2.82 bits per heavy atom. The van der Waals surface area contributed by atoms with E-state index in [9.17, 15) is 9.59 Å². The molecule has 0 saturated heterocycles. The summed E-state index contributed by atoms with van der Waals surface area (Å²) >= 11 is 1.34. The van der Waals surface area contributed by atoms with Gasteiger partial charge in [-0.3, -0.25) is 9.59 Å². The lowest BCUT2D eigenvalue weighted by molar-refractivity contribution is -0.123. The van der Waals surface area contributed by atoms with Gasteiger partial charge in [-0.25, -0.2) is 4.98 Å². The van der Waals surface area contributed by atoms with E-state index < -0.39 is 6.04 Å². The van der Waals surface area contributed by atoms with E-state index in [4.69, 9.17) is 4.74 Å². The van der Waals surface area contributed by atoms with Gasteiger partial charge in [-0.1, -0.05) is 43.7 Å². The molecule has 0 spiro atoms. The first kappa shape index (κ1) is 23.5. The fourth-order valence-electron chi connectivity index (χ4n) is 3.67. The van der Waals surface area contributed by atoms with Crippen LogP contribution >= 0.6 is 11.3 Å². The average Bonchev–Trinajstić information content (AvgIpc) is 3.54. The van der Waals surface area contributed by atoms with Crippen LogP contribution in [-0.4, -0.2) is 34.4 Å². The molecule has 8 heteroatoms. The molecule has 0 saturated carbocycles. The maximum absolute atomic E-state index is 13.3. The van der Waals surface area contributed by atoms with Gasteiger partial charge in [0.15, 0.2) is 0 Å². The van der Waals surface area contributed by atoms with Crippen LogP contribution in [0.25, 0.3) is 10.9 Å². The molecule has 176 valence electrons. The number of thiophene rings is 1. The Hall–Kier alpha value is -3.65. The Morgan fingerprint density at radius 1 is 1.12 bits per heavy atom. The van der Waals surface area contributed by atoms with Crippen molar-refractivity contribution in [2.24, 2.45) is 0 Å². The molecule has 1 unspecified atom stereocenters. The van der Waals surface area contributed by atoms with Crippen molar-refractivity contribution in [2.75, 3.05) is 6.61 Å². The number of nitrogens with zero attached hydrogens (tertiary/aromatic N) is 1. The van der Waals surface area contributed by atoms with Crippen molar-refractivity contribution >= 4 is 34.1 Å². The molecular formula is C26H28N4O3S. The number of benzene rings is 1. The van der Waals surface area contributed by atoms with Crippen molar-refractivity contribution in [3.63, 3.8) is 0 Å². The smallest absolute Gasteiger partial charge is 0.262 e. The number of ether oxygens (including phenoxy) is 1. The van der Waals surface area contributed by atoms with Gasteiger partial charge in [-0.15, -0.1) is 11.3 Å². The van der Waals surface area contributed by atoms with Gasteiger partial charge in [-0.05, 0) is 35.6 Å². The third-order valence-electron chi connectivity index (χ3n) is 5.51. The fraction of sp³-hybridized carbons (Fsp3) is 0.269. The summed E-state index contributed by atoms with van der Waals surface area (Å²) in [5, 5.41) is 8.75. The highest BCUT2D eigenvalue weighted by atomic mass is 32.1. The van der Waals surface area contributed by atoms with Crippen LogP contribution in [0, 0.1) is 0 Å². The molecule has 1 atom stereocenters. The zero-order chi connectivity index (χ0) is 23.8. The van der Waals surface area contributed by atoms with Crippen LogP contribution in [0.1, 0.15) is 40.6 Å². The lowest BCUT2D eigenvalue weighted by atomic mass is 10.0. The summed E-state index contributed by atoms with van der Waals surface area (Å²) < 4.78 is 5.78. The summed E-state index contributed by atoms with van der Waals surface area (Å²) in [6.45, 7) is 2.93. The maximum Gasteiger partial charge on any atom is 0.262 e. The van der Waals surface area contributed by atoms with E-state index in [1.165, 1.54) is 11.3 Å². The number of amides is 2. The van der Waals surface area contributed by atoms with Crippen molar-refractivity contribution in [3.8, 4) is 5.88 Å². The van der Waals surface area contributed by atoms with Gasteiger partial charge in [0.25, 0.3) is 5.91 Å². The highest BCUT2D eigenvalue weighted by Crippen LogP contribution is 2.20. The molecule has 7 nitrogen and oxygen atoms in total. The lowest BCUT2D eigenvalue weighted by Gasteiger charge is -2.19. The van der Waals surface area contributed by atoms with E-state index >= 15 is 0 Å². The highest BCUT2D eigenvalue weighted by Gasteiger charge is 2.24. The topological polar surface area (TPSA) is 96.1 Å². The predicted molar refractivity (Wildman–Crippen MR) is 134 cm³/mol. The first-order valence-electron chi connectivity index (χ1n) is 11.4.